The molecule has 2 amide bonds. The molecule has 0 aliphatic heterocycles. The molecule has 0 unspecified atom stereocenters. The third-order valence-corrected chi connectivity index (χ3v) is 2.83. The molecule has 0 atom stereocenters. The number of carboxylic acid groups (broad SMARTS) is 1. The maximum Gasteiger partial charge on any atom is 0.320 e. The summed E-state index contributed by atoms with van der Waals surface area (Å²) >= 11 is 0. The van der Waals surface area contributed by atoms with E-state index in [9.17, 15) is 9.59 Å². The van der Waals surface area contributed by atoms with E-state index in [4.69, 9.17) is 5.11 Å². The highest BCUT2D eigenvalue weighted by Gasteiger charge is 2.32. The third-order valence-electron chi connectivity index (χ3n) is 2.83. The largest absolute Gasteiger partial charge is 0.481 e. The molecule has 1 aliphatic carbocycles. The molecule has 92 valence electrons. The maximum atomic E-state index is 12.0. The second-order valence-corrected chi connectivity index (χ2v) is 4.56. The molecule has 0 heterocycles. The molecule has 5 heteroatoms. The molecule has 0 saturated heterocycles. The lowest BCUT2D eigenvalue weighted by Crippen LogP contribution is -2.46. The van der Waals surface area contributed by atoms with Crippen LogP contribution in [0.2, 0.25) is 0 Å². The van der Waals surface area contributed by atoms with Crippen LogP contribution in [0.25, 0.3) is 0 Å². The average molecular weight is 228 g/mol. The molecule has 1 aliphatic rings. The number of hydrogen-bond donors (Lipinski definition) is 1. The molecule has 1 fully saturated rings. The fraction of sp³-hybridized carbons (Fsp3) is 0.818. The smallest absolute Gasteiger partial charge is 0.320 e. The SMILES string of the molecule is CC(C)N(CCC(=O)O)C(=O)N(C)C1CC1. The van der Waals surface area contributed by atoms with Gasteiger partial charge >= 0.3 is 12.0 Å². The number of hydrogen-bond acceptors (Lipinski definition) is 2. The van der Waals surface area contributed by atoms with E-state index in [0.29, 0.717) is 6.04 Å². The highest BCUT2D eigenvalue weighted by Crippen LogP contribution is 2.26. The van der Waals surface area contributed by atoms with E-state index in [1.54, 1.807) is 16.8 Å². The number of carboxylic acids is 1. The minimum Gasteiger partial charge on any atom is -0.481 e. The molecule has 0 aromatic carbocycles. The summed E-state index contributed by atoms with van der Waals surface area (Å²) in [5.41, 5.74) is 0. The minimum atomic E-state index is -0.868. The summed E-state index contributed by atoms with van der Waals surface area (Å²) in [7, 11) is 1.79. The summed E-state index contributed by atoms with van der Waals surface area (Å²) in [6, 6.07) is 0.338. The zero-order valence-electron chi connectivity index (χ0n) is 10.1. The van der Waals surface area contributed by atoms with Gasteiger partial charge in [0.05, 0.1) is 6.42 Å². The van der Waals surface area contributed by atoms with Gasteiger partial charge in [0, 0.05) is 25.7 Å². The normalized spacial score (nSPS) is 15.0. The molecule has 0 aromatic heterocycles. The Kier molecular flexibility index (Phi) is 4.15. The zero-order chi connectivity index (χ0) is 12.3. The van der Waals surface area contributed by atoms with Crippen LogP contribution in [-0.2, 0) is 4.79 Å². The number of carbonyl (C=O) groups excluding carboxylic acids is 1. The maximum absolute atomic E-state index is 12.0. The highest BCUT2D eigenvalue weighted by atomic mass is 16.4. The molecule has 0 spiro atoms. The van der Waals surface area contributed by atoms with E-state index in [1.807, 2.05) is 13.8 Å². The second-order valence-electron chi connectivity index (χ2n) is 4.56. The van der Waals surface area contributed by atoms with Crippen molar-refractivity contribution in [3.8, 4) is 0 Å². The molecule has 0 bridgehead atoms. The van der Waals surface area contributed by atoms with Gasteiger partial charge in [-0.2, -0.15) is 0 Å². The summed E-state index contributed by atoms with van der Waals surface area (Å²) in [4.78, 5) is 25.9. The summed E-state index contributed by atoms with van der Waals surface area (Å²) < 4.78 is 0. The van der Waals surface area contributed by atoms with E-state index in [2.05, 4.69) is 0 Å². The molecule has 0 aromatic rings. The van der Waals surface area contributed by atoms with Crippen molar-refractivity contribution < 1.29 is 14.7 Å². The van der Waals surface area contributed by atoms with Crippen LogP contribution in [0.15, 0.2) is 0 Å². The van der Waals surface area contributed by atoms with Gasteiger partial charge in [-0.25, -0.2) is 4.79 Å². The third kappa shape index (κ3) is 3.40. The van der Waals surface area contributed by atoms with Crippen LogP contribution in [-0.4, -0.2) is 52.6 Å². The minimum absolute atomic E-state index is 0.00241. The number of amides is 2. The summed E-state index contributed by atoms with van der Waals surface area (Å²) in [6.45, 7) is 4.09. The first-order chi connectivity index (χ1) is 7.43. The van der Waals surface area contributed by atoms with Gasteiger partial charge in [0.2, 0.25) is 0 Å². The van der Waals surface area contributed by atoms with Crippen molar-refractivity contribution in [2.75, 3.05) is 13.6 Å². The van der Waals surface area contributed by atoms with Gasteiger partial charge < -0.3 is 14.9 Å². The first kappa shape index (κ1) is 12.8. The molecule has 1 saturated carbocycles. The second kappa shape index (κ2) is 5.18. The van der Waals surface area contributed by atoms with E-state index in [1.165, 1.54) is 0 Å². The van der Waals surface area contributed by atoms with Crippen molar-refractivity contribution in [3.63, 3.8) is 0 Å². The Balaban J connectivity index is 2.53. The Morgan fingerprint density at radius 3 is 2.31 bits per heavy atom. The van der Waals surface area contributed by atoms with Crippen molar-refractivity contribution in [2.24, 2.45) is 0 Å². The first-order valence-corrected chi connectivity index (χ1v) is 5.68. The van der Waals surface area contributed by atoms with Gasteiger partial charge in [-0.05, 0) is 26.7 Å². The highest BCUT2D eigenvalue weighted by molar-refractivity contribution is 5.76. The fourth-order valence-electron chi connectivity index (χ4n) is 1.61. The molecule has 1 rings (SSSR count). The molecule has 16 heavy (non-hydrogen) atoms. The lowest BCUT2D eigenvalue weighted by atomic mass is 10.3. The standard InChI is InChI=1S/C11H20N2O3/c1-8(2)13(7-6-10(14)15)11(16)12(3)9-4-5-9/h8-9H,4-7H2,1-3H3,(H,14,15). The summed E-state index contributed by atoms with van der Waals surface area (Å²) in [5.74, 6) is -0.868. The first-order valence-electron chi connectivity index (χ1n) is 5.68. The average Bonchev–Trinajstić information content (AvgIpc) is 2.98. The van der Waals surface area contributed by atoms with Gasteiger partial charge in [-0.1, -0.05) is 0 Å². The van der Waals surface area contributed by atoms with E-state index in [-0.39, 0.29) is 25.0 Å². The van der Waals surface area contributed by atoms with E-state index in [0.717, 1.165) is 12.8 Å². The topological polar surface area (TPSA) is 60.9 Å². The van der Waals surface area contributed by atoms with Crippen LogP contribution in [0, 0.1) is 0 Å². The van der Waals surface area contributed by atoms with Crippen molar-refractivity contribution in [2.45, 2.75) is 45.2 Å². The molecular formula is C11H20N2O3. The van der Waals surface area contributed by atoms with Crippen LogP contribution < -0.4 is 0 Å². The number of urea groups is 1. The lowest BCUT2D eigenvalue weighted by molar-refractivity contribution is -0.137. The molecule has 0 radical (unpaired) electrons. The van der Waals surface area contributed by atoms with E-state index >= 15 is 0 Å². The lowest BCUT2D eigenvalue weighted by Gasteiger charge is -2.31. The van der Waals surface area contributed by atoms with Crippen LogP contribution in [0.5, 0.6) is 0 Å². The Morgan fingerprint density at radius 2 is 1.94 bits per heavy atom. The predicted octanol–water partition coefficient (Wildman–Crippen LogP) is 1.39. The monoisotopic (exact) mass is 228 g/mol. The van der Waals surface area contributed by atoms with Crippen LogP contribution >= 0.6 is 0 Å². The Morgan fingerprint density at radius 1 is 1.38 bits per heavy atom. The van der Waals surface area contributed by atoms with Crippen molar-refractivity contribution in [1.82, 2.24) is 9.80 Å². The predicted molar refractivity (Wildman–Crippen MR) is 60.3 cm³/mol. The van der Waals surface area contributed by atoms with Crippen LogP contribution in [0.1, 0.15) is 33.1 Å². The molecule has 5 nitrogen and oxygen atoms in total. The molecular weight excluding hydrogens is 208 g/mol. The fourth-order valence-corrected chi connectivity index (χ4v) is 1.61. The number of aliphatic carboxylic acids is 1. The zero-order valence-corrected chi connectivity index (χ0v) is 10.1. The summed E-state index contributed by atoms with van der Waals surface area (Å²) in [5, 5.41) is 8.63. The number of carbonyl (C=O) groups is 2. The van der Waals surface area contributed by atoms with Crippen molar-refractivity contribution in [3.05, 3.63) is 0 Å². The van der Waals surface area contributed by atoms with Gasteiger partial charge in [0.25, 0.3) is 0 Å². The molecule has 1 N–H and O–H groups in total. The Bertz CT molecular complexity index is 274. The number of nitrogens with zero attached hydrogens (tertiary/aromatic N) is 2. The van der Waals surface area contributed by atoms with Crippen molar-refractivity contribution in [1.29, 1.82) is 0 Å². The van der Waals surface area contributed by atoms with Gasteiger partial charge in [0.15, 0.2) is 0 Å². The van der Waals surface area contributed by atoms with Crippen LogP contribution in [0.3, 0.4) is 0 Å². The quantitative estimate of drug-likeness (QED) is 0.773. The van der Waals surface area contributed by atoms with Crippen LogP contribution in [0.4, 0.5) is 4.79 Å². The summed E-state index contributed by atoms with van der Waals surface area (Å²) in [6.07, 6.45) is 2.13. The number of rotatable bonds is 5. The van der Waals surface area contributed by atoms with E-state index < -0.39 is 5.97 Å². The van der Waals surface area contributed by atoms with Gasteiger partial charge in [-0.3, -0.25) is 4.79 Å². The Labute approximate surface area is 96.0 Å². The Hall–Kier alpha value is -1.26. The van der Waals surface area contributed by atoms with Gasteiger partial charge in [-0.15, -0.1) is 0 Å². The van der Waals surface area contributed by atoms with Gasteiger partial charge in [0.1, 0.15) is 0 Å². The van der Waals surface area contributed by atoms with Crippen molar-refractivity contribution >= 4 is 12.0 Å².